The minimum absolute atomic E-state index is 0.0515. The Hall–Kier alpha value is -0.910. The van der Waals surface area contributed by atoms with E-state index in [1.807, 2.05) is 25.2 Å². The molecule has 1 aliphatic heterocycles. The van der Waals surface area contributed by atoms with Crippen LogP contribution >= 0.6 is 11.3 Å². The van der Waals surface area contributed by atoms with Crippen molar-refractivity contribution in [2.75, 3.05) is 26.2 Å². The van der Waals surface area contributed by atoms with Gasteiger partial charge in [0.1, 0.15) is 0 Å². The number of thiophene rings is 1. The van der Waals surface area contributed by atoms with E-state index in [1.165, 1.54) is 10.4 Å². The highest BCUT2D eigenvalue weighted by Crippen LogP contribution is 2.19. The Bertz CT molecular complexity index is 459. The van der Waals surface area contributed by atoms with Crippen LogP contribution in [0.4, 0.5) is 0 Å². The molecule has 5 heteroatoms. The summed E-state index contributed by atoms with van der Waals surface area (Å²) in [5.41, 5.74) is 1.38. The molecule has 0 bridgehead atoms. The molecule has 4 nitrogen and oxygen atoms in total. The van der Waals surface area contributed by atoms with Crippen molar-refractivity contribution in [3.8, 4) is 0 Å². The van der Waals surface area contributed by atoms with Crippen molar-refractivity contribution in [3.63, 3.8) is 0 Å². The second kappa shape index (κ2) is 7.92. The summed E-state index contributed by atoms with van der Waals surface area (Å²) in [7, 11) is 0. The van der Waals surface area contributed by atoms with E-state index in [0.29, 0.717) is 6.54 Å². The van der Waals surface area contributed by atoms with Crippen molar-refractivity contribution in [1.82, 2.24) is 10.2 Å². The van der Waals surface area contributed by atoms with Crippen LogP contribution in [0.25, 0.3) is 0 Å². The van der Waals surface area contributed by atoms with Crippen LogP contribution in [0.15, 0.2) is 11.4 Å². The van der Waals surface area contributed by atoms with Gasteiger partial charge < -0.3 is 10.1 Å². The Kier molecular flexibility index (Phi) is 6.21. The second-order valence-corrected chi connectivity index (χ2v) is 6.99. The standard InChI is InChI=1S/C16H26N2O2S/c1-12(2)16(19)17-6-4-14-10-18(7-8-20-14)11-15-13(3)5-9-21-15/h5,9,12,14H,4,6-8,10-11H2,1-3H3,(H,17,19). The lowest BCUT2D eigenvalue weighted by Gasteiger charge is -2.33. The first-order valence-electron chi connectivity index (χ1n) is 7.71. The average molecular weight is 310 g/mol. The van der Waals surface area contributed by atoms with Gasteiger partial charge >= 0.3 is 0 Å². The van der Waals surface area contributed by atoms with Crippen LogP contribution in [0.1, 0.15) is 30.7 Å². The Morgan fingerprint density at radius 2 is 2.38 bits per heavy atom. The van der Waals surface area contributed by atoms with E-state index in [1.54, 1.807) is 0 Å². The molecule has 1 aliphatic rings. The molecule has 1 aromatic heterocycles. The predicted octanol–water partition coefficient (Wildman–Crippen LogP) is 2.42. The van der Waals surface area contributed by atoms with Gasteiger partial charge in [-0.2, -0.15) is 0 Å². The van der Waals surface area contributed by atoms with Crippen LogP contribution in [-0.4, -0.2) is 43.2 Å². The molecule has 118 valence electrons. The van der Waals surface area contributed by atoms with Gasteiger partial charge in [0.05, 0.1) is 12.7 Å². The normalized spacial score (nSPS) is 19.9. The molecule has 0 radical (unpaired) electrons. The molecule has 1 N–H and O–H groups in total. The summed E-state index contributed by atoms with van der Waals surface area (Å²) in [5, 5.41) is 5.12. The summed E-state index contributed by atoms with van der Waals surface area (Å²) in [6, 6.07) is 2.18. The van der Waals surface area contributed by atoms with Gasteiger partial charge in [-0.15, -0.1) is 11.3 Å². The van der Waals surface area contributed by atoms with E-state index < -0.39 is 0 Å². The van der Waals surface area contributed by atoms with Gasteiger partial charge in [-0.05, 0) is 30.4 Å². The first-order chi connectivity index (χ1) is 10.1. The van der Waals surface area contributed by atoms with Crippen LogP contribution in [-0.2, 0) is 16.1 Å². The Balaban J connectivity index is 1.73. The predicted molar refractivity (Wildman–Crippen MR) is 86.5 cm³/mol. The number of hydrogen-bond acceptors (Lipinski definition) is 4. The Morgan fingerprint density at radius 3 is 3.05 bits per heavy atom. The van der Waals surface area contributed by atoms with Gasteiger partial charge in [0, 0.05) is 37.0 Å². The zero-order valence-corrected chi connectivity index (χ0v) is 14.0. The third-order valence-corrected chi connectivity index (χ3v) is 4.86. The Morgan fingerprint density at radius 1 is 1.57 bits per heavy atom. The Labute approximate surface area is 131 Å². The lowest BCUT2D eigenvalue weighted by Crippen LogP contribution is -2.43. The van der Waals surface area contributed by atoms with Gasteiger partial charge in [-0.25, -0.2) is 0 Å². The highest BCUT2D eigenvalue weighted by Gasteiger charge is 2.21. The molecule has 0 aromatic carbocycles. The number of carbonyl (C=O) groups is 1. The highest BCUT2D eigenvalue weighted by molar-refractivity contribution is 7.10. The van der Waals surface area contributed by atoms with Gasteiger partial charge in [-0.1, -0.05) is 13.8 Å². The average Bonchev–Trinajstić information content (AvgIpc) is 2.84. The molecule has 1 saturated heterocycles. The zero-order chi connectivity index (χ0) is 15.2. The number of nitrogens with zero attached hydrogens (tertiary/aromatic N) is 1. The van der Waals surface area contributed by atoms with Crippen molar-refractivity contribution in [3.05, 3.63) is 21.9 Å². The minimum atomic E-state index is 0.0515. The maximum absolute atomic E-state index is 11.5. The second-order valence-electron chi connectivity index (χ2n) is 5.99. The van der Waals surface area contributed by atoms with E-state index in [0.717, 1.165) is 32.7 Å². The molecule has 1 atom stereocenters. The SMILES string of the molecule is Cc1ccsc1CN1CCOC(CCNC(=O)C(C)C)C1. The van der Waals surface area contributed by atoms with Crippen LogP contribution < -0.4 is 5.32 Å². The van der Waals surface area contributed by atoms with E-state index in [-0.39, 0.29) is 17.9 Å². The maximum atomic E-state index is 11.5. The molecular weight excluding hydrogens is 284 g/mol. The number of hydrogen-bond donors (Lipinski definition) is 1. The molecule has 2 heterocycles. The van der Waals surface area contributed by atoms with Crippen molar-refractivity contribution in [2.24, 2.45) is 5.92 Å². The first-order valence-corrected chi connectivity index (χ1v) is 8.59. The number of nitrogens with one attached hydrogen (secondary N) is 1. The molecule has 1 aromatic rings. The van der Waals surface area contributed by atoms with E-state index in [9.17, 15) is 4.79 Å². The molecule has 0 aliphatic carbocycles. The summed E-state index contributed by atoms with van der Waals surface area (Å²) >= 11 is 1.83. The maximum Gasteiger partial charge on any atom is 0.222 e. The fourth-order valence-corrected chi connectivity index (χ4v) is 3.38. The monoisotopic (exact) mass is 310 g/mol. The van der Waals surface area contributed by atoms with E-state index in [2.05, 4.69) is 28.6 Å². The molecule has 1 amide bonds. The van der Waals surface area contributed by atoms with Crippen molar-refractivity contribution in [2.45, 2.75) is 39.8 Å². The number of aryl methyl sites for hydroxylation is 1. The van der Waals surface area contributed by atoms with Gasteiger partial charge in [0.15, 0.2) is 0 Å². The molecule has 1 fully saturated rings. The van der Waals surface area contributed by atoms with Gasteiger partial charge in [-0.3, -0.25) is 9.69 Å². The van der Waals surface area contributed by atoms with Crippen LogP contribution in [0.2, 0.25) is 0 Å². The largest absolute Gasteiger partial charge is 0.375 e. The molecule has 2 rings (SSSR count). The van der Waals surface area contributed by atoms with E-state index in [4.69, 9.17) is 4.74 Å². The quantitative estimate of drug-likeness (QED) is 0.877. The smallest absolute Gasteiger partial charge is 0.222 e. The summed E-state index contributed by atoms with van der Waals surface area (Å²) in [5.74, 6) is 0.174. The lowest BCUT2D eigenvalue weighted by molar-refractivity contribution is -0.124. The van der Waals surface area contributed by atoms with Gasteiger partial charge in [0.25, 0.3) is 0 Å². The zero-order valence-electron chi connectivity index (χ0n) is 13.2. The third-order valence-electron chi connectivity index (χ3n) is 3.85. The van der Waals surface area contributed by atoms with Crippen molar-refractivity contribution < 1.29 is 9.53 Å². The van der Waals surface area contributed by atoms with Crippen molar-refractivity contribution in [1.29, 1.82) is 0 Å². The number of rotatable bonds is 6. The lowest BCUT2D eigenvalue weighted by atomic mass is 10.1. The number of amides is 1. The van der Waals surface area contributed by atoms with Crippen LogP contribution in [0.5, 0.6) is 0 Å². The fourth-order valence-electron chi connectivity index (χ4n) is 2.43. The topological polar surface area (TPSA) is 41.6 Å². The van der Waals surface area contributed by atoms with E-state index >= 15 is 0 Å². The fraction of sp³-hybridized carbons (Fsp3) is 0.688. The number of morpholine rings is 1. The number of ether oxygens (including phenoxy) is 1. The van der Waals surface area contributed by atoms with Crippen LogP contribution in [0.3, 0.4) is 0 Å². The van der Waals surface area contributed by atoms with Crippen molar-refractivity contribution >= 4 is 17.2 Å². The molecular formula is C16H26N2O2S. The molecule has 0 spiro atoms. The molecule has 0 saturated carbocycles. The highest BCUT2D eigenvalue weighted by atomic mass is 32.1. The minimum Gasteiger partial charge on any atom is -0.375 e. The summed E-state index contributed by atoms with van der Waals surface area (Å²) in [6.45, 7) is 10.4. The molecule has 21 heavy (non-hydrogen) atoms. The molecule has 1 unspecified atom stereocenters. The summed E-state index contributed by atoms with van der Waals surface area (Å²) < 4.78 is 5.81. The summed E-state index contributed by atoms with van der Waals surface area (Å²) in [6.07, 6.45) is 1.12. The summed E-state index contributed by atoms with van der Waals surface area (Å²) in [4.78, 5) is 15.4. The third kappa shape index (κ3) is 5.09. The van der Waals surface area contributed by atoms with Gasteiger partial charge in [0.2, 0.25) is 5.91 Å². The number of carbonyl (C=O) groups excluding carboxylic acids is 1. The van der Waals surface area contributed by atoms with Crippen LogP contribution in [0, 0.1) is 12.8 Å². The first kappa shape index (κ1) is 16.5.